The van der Waals surface area contributed by atoms with E-state index in [1.54, 1.807) is 42.5 Å². The van der Waals surface area contributed by atoms with E-state index in [-0.39, 0.29) is 29.2 Å². The van der Waals surface area contributed by atoms with E-state index in [1.807, 2.05) is 13.8 Å². The van der Waals surface area contributed by atoms with Gasteiger partial charge in [-0.15, -0.1) is 0 Å². The molecule has 5 N–H and O–H groups in total. The van der Waals surface area contributed by atoms with Crippen molar-refractivity contribution in [3.8, 4) is 17.2 Å². The highest BCUT2D eigenvalue weighted by Crippen LogP contribution is 2.29. The minimum absolute atomic E-state index is 0.0794. The molecule has 0 radical (unpaired) electrons. The average Bonchev–Trinajstić information content (AvgIpc) is 2.56. The number of phenols is 3. The van der Waals surface area contributed by atoms with Crippen molar-refractivity contribution in [3.63, 3.8) is 0 Å². The predicted molar refractivity (Wildman–Crippen MR) is 93.2 cm³/mol. The highest BCUT2D eigenvalue weighted by atomic mass is 16.3. The molecule has 0 bridgehead atoms. The van der Waals surface area contributed by atoms with Crippen LogP contribution in [0.5, 0.6) is 17.2 Å². The molecule has 5 heteroatoms. The first kappa shape index (κ1) is 18.1. The molecule has 5 nitrogen and oxygen atoms in total. The van der Waals surface area contributed by atoms with E-state index in [4.69, 9.17) is 0 Å². The van der Waals surface area contributed by atoms with Crippen molar-refractivity contribution < 1.29 is 20.4 Å². The van der Waals surface area contributed by atoms with Crippen LogP contribution in [0.2, 0.25) is 0 Å². The molecule has 0 aliphatic heterocycles. The number of aliphatic hydroxyl groups is 1. The van der Waals surface area contributed by atoms with Gasteiger partial charge in [0.15, 0.2) is 0 Å². The Morgan fingerprint density at radius 3 is 2.08 bits per heavy atom. The Morgan fingerprint density at radius 2 is 1.50 bits per heavy atom. The van der Waals surface area contributed by atoms with E-state index in [9.17, 15) is 20.4 Å². The van der Waals surface area contributed by atoms with Crippen LogP contribution in [0.15, 0.2) is 42.5 Å². The van der Waals surface area contributed by atoms with Crippen LogP contribution in [0.4, 0.5) is 0 Å². The van der Waals surface area contributed by atoms with Gasteiger partial charge in [-0.2, -0.15) is 0 Å². The third-order valence-electron chi connectivity index (χ3n) is 4.42. The molecule has 24 heavy (non-hydrogen) atoms. The van der Waals surface area contributed by atoms with Gasteiger partial charge >= 0.3 is 0 Å². The lowest BCUT2D eigenvalue weighted by Gasteiger charge is -2.24. The molecular weight excluding hydrogens is 306 g/mol. The maximum atomic E-state index is 10.2. The summed E-state index contributed by atoms with van der Waals surface area (Å²) in [5.41, 5.74) is 1.27. The summed E-state index contributed by atoms with van der Waals surface area (Å²) < 4.78 is 0. The fraction of sp³-hybridized carbons (Fsp3) is 0.368. The number of aromatic hydroxyl groups is 3. The van der Waals surface area contributed by atoms with Crippen molar-refractivity contribution in [3.05, 3.63) is 53.6 Å². The minimum atomic E-state index is -0.668. The van der Waals surface area contributed by atoms with Gasteiger partial charge < -0.3 is 25.7 Å². The van der Waals surface area contributed by atoms with Crippen LogP contribution in [-0.2, 0) is 6.42 Å². The SMILES string of the molecule is CC(Cc1c(O)cccc1O)C(C)NCC(O)c1ccc(O)cc1. The maximum Gasteiger partial charge on any atom is 0.122 e. The largest absolute Gasteiger partial charge is 0.508 e. The van der Waals surface area contributed by atoms with Gasteiger partial charge in [-0.1, -0.05) is 25.1 Å². The summed E-state index contributed by atoms with van der Waals surface area (Å²) in [6, 6.07) is 11.3. The molecule has 2 aromatic carbocycles. The standard InChI is InChI=1S/C19H25NO4/c1-12(10-16-17(22)4-3-5-18(16)23)13(2)20-11-19(24)14-6-8-15(21)9-7-14/h3-9,12-13,19-24H,10-11H2,1-2H3. The summed E-state index contributed by atoms with van der Waals surface area (Å²) in [4.78, 5) is 0. The summed E-state index contributed by atoms with van der Waals surface area (Å²) in [7, 11) is 0. The van der Waals surface area contributed by atoms with Crippen molar-refractivity contribution in [1.29, 1.82) is 0 Å². The topological polar surface area (TPSA) is 93.0 Å². The van der Waals surface area contributed by atoms with Crippen molar-refractivity contribution in [2.45, 2.75) is 32.4 Å². The molecule has 130 valence electrons. The highest BCUT2D eigenvalue weighted by Gasteiger charge is 2.18. The van der Waals surface area contributed by atoms with Gasteiger partial charge in [0.25, 0.3) is 0 Å². The van der Waals surface area contributed by atoms with Crippen molar-refractivity contribution in [1.82, 2.24) is 5.32 Å². The molecule has 2 aromatic rings. The van der Waals surface area contributed by atoms with Gasteiger partial charge in [-0.25, -0.2) is 0 Å². The Hall–Kier alpha value is -2.24. The predicted octanol–water partition coefficient (Wildman–Crippen LogP) is 2.69. The van der Waals surface area contributed by atoms with Gasteiger partial charge in [0, 0.05) is 18.2 Å². The fourth-order valence-electron chi connectivity index (χ4n) is 2.58. The van der Waals surface area contributed by atoms with Crippen molar-refractivity contribution >= 4 is 0 Å². The van der Waals surface area contributed by atoms with Gasteiger partial charge in [-0.3, -0.25) is 0 Å². The molecule has 3 atom stereocenters. The third-order valence-corrected chi connectivity index (χ3v) is 4.42. The first-order valence-corrected chi connectivity index (χ1v) is 8.08. The van der Waals surface area contributed by atoms with Gasteiger partial charge in [0.1, 0.15) is 17.2 Å². The molecule has 2 rings (SSSR count). The first-order chi connectivity index (χ1) is 11.4. The molecule has 0 heterocycles. The Morgan fingerprint density at radius 1 is 0.917 bits per heavy atom. The van der Waals surface area contributed by atoms with Crippen molar-refractivity contribution in [2.24, 2.45) is 5.92 Å². The number of rotatable bonds is 7. The second-order valence-corrected chi connectivity index (χ2v) is 6.26. The second-order valence-electron chi connectivity index (χ2n) is 6.26. The van der Waals surface area contributed by atoms with Crippen LogP contribution in [-0.4, -0.2) is 33.0 Å². The summed E-state index contributed by atoms with van der Waals surface area (Å²) in [6.45, 7) is 4.41. The molecule has 3 unspecified atom stereocenters. The van der Waals surface area contributed by atoms with Gasteiger partial charge in [-0.05, 0) is 49.1 Å². The molecule has 0 aliphatic carbocycles. The third kappa shape index (κ3) is 4.63. The number of hydrogen-bond donors (Lipinski definition) is 5. The van der Waals surface area contributed by atoms with Crippen LogP contribution in [0.25, 0.3) is 0 Å². The number of nitrogens with one attached hydrogen (secondary N) is 1. The molecular formula is C19H25NO4. The Bertz CT molecular complexity index is 637. The van der Waals surface area contributed by atoms with Gasteiger partial charge in [0.2, 0.25) is 0 Å². The summed E-state index contributed by atoms with van der Waals surface area (Å²) in [5.74, 6) is 0.510. The summed E-state index contributed by atoms with van der Waals surface area (Å²) >= 11 is 0. The van der Waals surface area contributed by atoms with Crippen LogP contribution in [0.1, 0.15) is 31.1 Å². The quantitative estimate of drug-likeness (QED) is 0.538. The molecule has 0 aromatic heterocycles. The van der Waals surface area contributed by atoms with Crippen LogP contribution in [0.3, 0.4) is 0 Å². The van der Waals surface area contributed by atoms with E-state index < -0.39 is 6.10 Å². The Balaban J connectivity index is 1.89. The molecule has 0 amide bonds. The van der Waals surface area contributed by atoms with E-state index in [0.29, 0.717) is 18.5 Å². The maximum absolute atomic E-state index is 10.2. The van der Waals surface area contributed by atoms with Crippen molar-refractivity contribution in [2.75, 3.05) is 6.54 Å². The molecule has 0 saturated heterocycles. The zero-order valence-corrected chi connectivity index (χ0v) is 14.0. The Kier molecular flexibility index (Phi) is 6.06. The lowest BCUT2D eigenvalue weighted by molar-refractivity contribution is 0.166. The highest BCUT2D eigenvalue weighted by molar-refractivity contribution is 5.43. The lowest BCUT2D eigenvalue weighted by Crippen LogP contribution is -2.36. The minimum Gasteiger partial charge on any atom is -0.508 e. The van der Waals surface area contributed by atoms with E-state index in [0.717, 1.165) is 5.56 Å². The Labute approximate surface area is 142 Å². The summed E-state index contributed by atoms with van der Waals surface area (Å²) in [5, 5.41) is 42.5. The van der Waals surface area contributed by atoms with Crippen LogP contribution >= 0.6 is 0 Å². The van der Waals surface area contributed by atoms with Crippen LogP contribution < -0.4 is 5.32 Å². The van der Waals surface area contributed by atoms with E-state index in [1.165, 1.54) is 0 Å². The zero-order valence-electron chi connectivity index (χ0n) is 14.0. The summed E-state index contributed by atoms with van der Waals surface area (Å²) in [6.07, 6.45) is -0.138. The molecule has 0 fully saturated rings. The van der Waals surface area contributed by atoms with E-state index in [2.05, 4.69) is 5.32 Å². The monoisotopic (exact) mass is 331 g/mol. The molecule has 0 spiro atoms. The number of phenolic OH excluding ortho intramolecular Hbond substituents is 3. The smallest absolute Gasteiger partial charge is 0.122 e. The first-order valence-electron chi connectivity index (χ1n) is 8.08. The second kappa shape index (κ2) is 8.04. The van der Waals surface area contributed by atoms with Crippen LogP contribution in [0, 0.1) is 5.92 Å². The number of benzene rings is 2. The average molecular weight is 331 g/mol. The molecule has 0 saturated carbocycles. The normalized spacial score (nSPS) is 15.0. The fourth-order valence-corrected chi connectivity index (χ4v) is 2.58. The molecule has 0 aliphatic rings. The van der Waals surface area contributed by atoms with Gasteiger partial charge in [0.05, 0.1) is 6.10 Å². The number of aliphatic hydroxyl groups excluding tert-OH is 1. The van der Waals surface area contributed by atoms with E-state index >= 15 is 0 Å². The lowest BCUT2D eigenvalue weighted by atomic mass is 9.93. The zero-order chi connectivity index (χ0) is 17.7. The number of hydrogen-bond acceptors (Lipinski definition) is 5.